The maximum atomic E-state index is 6.59. The first-order valence-corrected chi connectivity index (χ1v) is 17.0. The molecule has 2 nitrogen and oxygen atoms in total. The SMILES string of the molecule is c1ccc(S/N=C(/CC(Sc2ccc3ccccc3c2)Sc2ccc3ccccc3c2)Oc2ccc3ccccc3c2)cc1. The normalized spacial score (nSPS) is 11.9. The van der Waals surface area contributed by atoms with Crippen LogP contribution in [0.1, 0.15) is 6.42 Å². The van der Waals surface area contributed by atoms with Gasteiger partial charge in [-0.2, -0.15) is 4.40 Å². The molecule has 0 saturated carbocycles. The monoisotopic (exact) mass is 623 g/mol. The van der Waals surface area contributed by atoms with Crippen LogP contribution in [-0.4, -0.2) is 10.5 Å². The molecular formula is C39H29NOS3. The summed E-state index contributed by atoms with van der Waals surface area (Å²) in [6.07, 6.45) is 0.641. The Morgan fingerprint density at radius 3 is 1.52 bits per heavy atom. The molecule has 0 aliphatic carbocycles. The molecule has 0 aliphatic heterocycles. The van der Waals surface area contributed by atoms with E-state index in [-0.39, 0.29) is 4.58 Å². The van der Waals surface area contributed by atoms with Crippen molar-refractivity contribution >= 4 is 73.7 Å². The van der Waals surface area contributed by atoms with E-state index >= 15 is 0 Å². The van der Waals surface area contributed by atoms with E-state index in [1.165, 1.54) is 48.7 Å². The fourth-order valence-corrected chi connectivity index (χ4v) is 8.28. The van der Waals surface area contributed by atoms with E-state index in [0.29, 0.717) is 12.3 Å². The van der Waals surface area contributed by atoms with E-state index in [1.807, 2.05) is 47.8 Å². The highest BCUT2D eigenvalue weighted by Gasteiger charge is 2.19. The van der Waals surface area contributed by atoms with Gasteiger partial charge in [-0.3, -0.25) is 0 Å². The number of rotatable bonds is 9. The third-order valence-corrected chi connectivity index (χ3v) is 10.5. The molecule has 0 saturated heterocycles. The Bertz CT molecular complexity index is 1990. The van der Waals surface area contributed by atoms with Crippen LogP contribution in [0, 0.1) is 0 Å². The summed E-state index contributed by atoms with van der Waals surface area (Å²) in [5.41, 5.74) is 0. The average Bonchev–Trinajstić information content (AvgIpc) is 3.07. The van der Waals surface area contributed by atoms with Crippen LogP contribution in [0.4, 0.5) is 0 Å². The van der Waals surface area contributed by atoms with Crippen LogP contribution in [0.15, 0.2) is 177 Å². The van der Waals surface area contributed by atoms with Gasteiger partial charge < -0.3 is 4.74 Å². The molecule has 0 spiro atoms. The molecule has 0 bridgehead atoms. The van der Waals surface area contributed by atoms with Gasteiger partial charge in [-0.1, -0.05) is 109 Å². The lowest BCUT2D eigenvalue weighted by Gasteiger charge is -2.19. The predicted molar refractivity (Wildman–Crippen MR) is 192 cm³/mol. The Morgan fingerprint density at radius 1 is 0.477 bits per heavy atom. The lowest BCUT2D eigenvalue weighted by molar-refractivity contribution is 0.538. The first-order valence-electron chi connectivity index (χ1n) is 14.5. The molecule has 7 rings (SSSR count). The molecule has 5 heteroatoms. The molecule has 0 aliphatic rings. The van der Waals surface area contributed by atoms with Gasteiger partial charge in [0, 0.05) is 33.1 Å². The molecule has 0 unspecified atom stereocenters. The number of benzene rings is 7. The summed E-state index contributed by atoms with van der Waals surface area (Å²) in [5, 5.41) is 7.32. The van der Waals surface area contributed by atoms with Gasteiger partial charge in [0.15, 0.2) is 0 Å². The lowest BCUT2D eigenvalue weighted by Crippen LogP contribution is -2.14. The molecule has 0 atom stereocenters. The zero-order valence-electron chi connectivity index (χ0n) is 23.9. The zero-order valence-corrected chi connectivity index (χ0v) is 26.3. The second-order valence-corrected chi connectivity index (χ2v) is 14.1. The van der Waals surface area contributed by atoms with Gasteiger partial charge in [-0.25, -0.2) is 0 Å². The minimum atomic E-state index is 0.118. The fraction of sp³-hybridized carbons (Fsp3) is 0.0513. The molecule has 0 aromatic heterocycles. The minimum absolute atomic E-state index is 0.118. The van der Waals surface area contributed by atoms with Crippen molar-refractivity contribution in [1.29, 1.82) is 0 Å². The molecule has 0 heterocycles. The van der Waals surface area contributed by atoms with Crippen LogP contribution >= 0.6 is 35.5 Å². The van der Waals surface area contributed by atoms with Gasteiger partial charge in [0.2, 0.25) is 5.90 Å². The van der Waals surface area contributed by atoms with E-state index in [4.69, 9.17) is 9.13 Å². The van der Waals surface area contributed by atoms with Gasteiger partial charge in [0.25, 0.3) is 0 Å². The largest absolute Gasteiger partial charge is 0.442 e. The zero-order chi connectivity index (χ0) is 29.6. The molecule has 0 N–H and O–H groups in total. The Balaban J connectivity index is 1.22. The summed E-state index contributed by atoms with van der Waals surface area (Å²) in [6, 6.07) is 55.3. The Labute approximate surface area is 270 Å². The maximum absolute atomic E-state index is 6.59. The predicted octanol–water partition coefficient (Wildman–Crippen LogP) is 11.9. The number of nitrogens with zero attached hydrogens (tertiary/aromatic N) is 1. The van der Waals surface area contributed by atoms with Crippen molar-refractivity contribution in [3.8, 4) is 5.75 Å². The summed E-state index contributed by atoms with van der Waals surface area (Å²) in [6.45, 7) is 0. The summed E-state index contributed by atoms with van der Waals surface area (Å²) >= 11 is 5.17. The first-order chi connectivity index (χ1) is 21.7. The smallest absolute Gasteiger partial charge is 0.203 e. The van der Waals surface area contributed by atoms with Crippen LogP contribution in [0.2, 0.25) is 0 Å². The first kappa shape index (κ1) is 28.6. The molecule has 7 aromatic rings. The Hall–Kier alpha value is -4.16. The Morgan fingerprint density at radius 2 is 0.955 bits per heavy atom. The average molecular weight is 624 g/mol. The standard InChI is InChI=1S/C39H29NOS3/c1-2-16-35(17-3-1)44-40-38(41-34-21-18-28-10-4-7-13-31(28)24-34)27-39(42-36-22-19-29-11-5-8-14-32(29)25-36)43-37-23-20-30-12-6-9-15-33(30)26-37/h1-26,39H,27H2/b40-38-. The van der Waals surface area contributed by atoms with Gasteiger partial charge in [-0.05, 0) is 80.8 Å². The van der Waals surface area contributed by atoms with Crippen LogP contribution in [-0.2, 0) is 0 Å². The quantitative estimate of drug-likeness (QED) is 0.0524. The maximum Gasteiger partial charge on any atom is 0.203 e. The van der Waals surface area contributed by atoms with Crippen LogP contribution in [0.25, 0.3) is 32.3 Å². The van der Waals surface area contributed by atoms with Gasteiger partial charge in [0.05, 0.1) is 4.58 Å². The van der Waals surface area contributed by atoms with Gasteiger partial charge in [-0.15, -0.1) is 23.5 Å². The highest BCUT2D eigenvalue weighted by molar-refractivity contribution is 8.17. The van der Waals surface area contributed by atoms with Crippen molar-refractivity contribution in [3.63, 3.8) is 0 Å². The highest BCUT2D eigenvalue weighted by atomic mass is 32.2. The highest BCUT2D eigenvalue weighted by Crippen LogP contribution is 2.40. The Kier molecular flexibility index (Phi) is 8.87. The third-order valence-electron chi connectivity index (χ3n) is 7.27. The second kappa shape index (κ2) is 13.6. The second-order valence-electron chi connectivity index (χ2n) is 10.4. The lowest BCUT2D eigenvalue weighted by atomic mass is 10.1. The molecule has 44 heavy (non-hydrogen) atoms. The van der Waals surface area contributed by atoms with Crippen molar-refractivity contribution in [1.82, 2.24) is 0 Å². The van der Waals surface area contributed by atoms with Crippen molar-refractivity contribution in [2.75, 3.05) is 0 Å². The van der Waals surface area contributed by atoms with Crippen LogP contribution in [0.3, 0.4) is 0 Å². The van der Waals surface area contributed by atoms with E-state index in [0.717, 1.165) is 16.0 Å². The summed E-state index contributed by atoms with van der Waals surface area (Å²) in [7, 11) is 0. The van der Waals surface area contributed by atoms with E-state index in [2.05, 4.69) is 133 Å². The van der Waals surface area contributed by atoms with E-state index in [9.17, 15) is 0 Å². The van der Waals surface area contributed by atoms with E-state index in [1.54, 1.807) is 0 Å². The summed E-state index contributed by atoms with van der Waals surface area (Å²) in [4.78, 5) is 3.53. The van der Waals surface area contributed by atoms with Crippen LogP contribution in [0.5, 0.6) is 5.75 Å². The van der Waals surface area contributed by atoms with E-state index < -0.39 is 0 Å². The molecule has 0 radical (unpaired) electrons. The number of thioether (sulfide) groups is 2. The summed E-state index contributed by atoms with van der Waals surface area (Å²) < 4.78 is 11.7. The topological polar surface area (TPSA) is 21.6 Å². The van der Waals surface area contributed by atoms with Gasteiger partial charge in [0.1, 0.15) is 5.75 Å². The van der Waals surface area contributed by atoms with Crippen molar-refractivity contribution in [2.45, 2.75) is 25.7 Å². The number of hydrogen-bond donors (Lipinski definition) is 0. The number of fused-ring (bicyclic) bond motifs is 3. The third kappa shape index (κ3) is 7.13. The molecule has 214 valence electrons. The fourth-order valence-electron chi connectivity index (χ4n) is 5.08. The minimum Gasteiger partial charge on any atom is -0.442 e. The van der Waals surface area contributed by atoms with Crippen molar-refractivity contribution in [3.05, 3.63) is 158 Å². The molecule has 7 aromatic carbocycles. The van der Waals surface area contributed by atoms with Crippen molar-refractivity contribution < 1.29 is 4.74 Å². The molecule has 0 fully saturated rings. The van der Waals surface area contributed by atoms with Crippen molar-refractivity contribution in [2.24, 2.45) is 4.40 Å². The molecular weight excluding hydrogens is 595 g/mol. The van der Waals surface area contributed by atoms with Gasteiger partial charge >= 0.3 is 0 Å². The summed E-state index contributed by atoms with van der Waals surface area (Å²) in [5.74, 6) is 1.49. The molecule has 0 amide bonds. The van der Waals surface area contributed by atoms with Crippen LogP contribution < -0.4 is 4.74 Å². The number of ether oxygens (including phenoxy) is 1. The number of hydrogen-bond acceptors (Lipinski definition) is 5.